The number of aromatic nitrogens is 2. The minimum absolute atomic E-state index is 0.00929. The van der Waals surface area contributed by atoms with Crippen LogP contribution >= 0.6 is 0 Å². The SMILES string of the molecule is COCCNC(=O)[C@@H](C)[C@@H]1CC[C@]2(C)CC[C@H](NC(=O)c3cnccn3)[C@H](C)[C@@H]2[C@H]1O. The summed E-state index contributed by atoms with van der Waals surface area (Å²) in [6.45, 7) is 7.20. The molecule has 0 saturated heterocycles. The van der Waals surface area contributed by atoms with E-state index in [1.165, 1.54) is 18.6 Å². The van der Waals surface area contributed by atoms with Crippen LogP contribution < -0.4 is 10.6 Å². The summed E-state index contributed by atoms with van der Waals surface area (Å²) in [6, 6.07) is -0.0492. The van der Waals surface area contributed by atoms with Crippen molar-refractivity contribution in [3.05, 3.63) is 24.3 Å². The summed E-state index contributed by atoms with van der Waals surface area (Å²) in [6.07, 6.45) is 7.52. The number of nitrogens with one attached hydrogen (secondary N) is 2. The summed E-state index contributed by atoms with van der Waals surface area (Å²) in [5.41, 5.74) is 0.307. The van der Waals surface area contributed by atoms with Gasteiger partial charge in [-0.05, 0) is 48.9 Å². The first-order valence-electron chi connectivity index (χ1n) is 11.3. The van der Waals surface area contributed by atoms with Gasteiger partial charge in [-0.2, -0.15) is 0 Å². The zero-order valence-corrected chi connectivity index (χ0v) is 19.0. The van der Waals surface area contributed by atoms with Gasteiger partial charge in [-0.15, -0.1) is 0 Å². The minimum atomic E-state index is -0.590. The Balaban J connectivity index is 1.70. The predicted octanol–water partition coefficient (Wildman–Crippen LogP) is 1.80. The molecule has 2 amide bonds. The van der Waals surface area contributed by atoms with Crippen molar-refractivity contribution >= 4 is 11.8 Å². The van der Waals surface area contributed by atoms with Gasteiger partial charge in [-0.3, -0.25) is 14.6 Å². The van der Waals surface area contributed by atoms with Crippen LogP contribution in [-0.4, -0.2) is 59.3 Å². The molecular weight excluding hydrogens is 396 g/mol. The normalized spacial score (nSPS) is 33.8. The Labute approximate surface area is 184 Å². The van der Waals surface area contributed by atoms with Crippen LogP contribution in [0.1, 0.15) is 56.9 Å². The molecule has 0 unspecified atom stereocenters. The molecule has 1 aromatic rings. The standard InChI is InChI=1S/C23H36N4O4/c1-14(21(29)26-11-12-31-4)16-5-7-23(3)8-6-17(15(2)19(23)20(16)28)27-22(30)18-13-24-9-10-25-18/h9-10,13-17,19-20,28H,5-8,11-12H2,1-4H3,(H,26,29)(H,27,30)/t14-,15-,16-,17-,19+,20-,23+/m0/s1. The molecule has 0 aliphatic heterocycles. The lowest BCUT2D eigenvalue weighted by Gasteiger charge is -2.56. The maximum atomic E-state index is 12.6. The van der Waals surface area contributed by atoms with Crippen LogP contribution in [0.4, 0.5) is 0 Å². The molecule has 3 N–H and O–H groups in total. The average Bonchev–Trinajstić information content (AvgIpc) is 2.76. The van der Waals surface area contributed by atoms with Crippen molar-refractivity contribution in [1.29, 1.82) is 0 Å². The molecule has 8 heteroatoms. The Morgan fingerprint density at radius 1 is 1.32 bits per heavy atom. The topological polar surface area (TPSA) is 113 Å². The van der Waals surface area contributed by atoms with Crippen molar-refractivity contribution in [3.63, 3.8) is 0 Å². The van der Waals surface area contributed by atoms with E-state index < -0.39 is 6.10 Å². The fourth-order valence-corrected chi connectivity index (χ4v) is 5.79. The van der Waals surface area contributed by atoms with E-state index in [-0.39, 0.29) is 46.9 Å². The first-order valence-corrected chi connectivity index (χ1v) is 11.3. The van der Waals surface area contributed by atoms with Crippen molar-refractivity contribution in [2.45, 2.75) is 58.6 Å². The van der Waals surface area contributed by atoms with Gasteiger partial charge in [-0.25, -0.2) is 4.98 Å². The van der Waals surface area contributed by atoms with Gasteiger partial charge in [0, 0.05) is 38.0 Å². The summed E-state index contributed by atoms with van der Waals surface area (Å²) in [5.74, 6) is -0.556. The number of carbonyl (C=O) groups is 2. The van der Waals surface area contributed by atoms with Crippen molar-refractivity contribution in [3.8, 4) is 0 Å². The lowest BCUT2D eigenvalue weighted by Crippen LogP contribution is -2.58. The molecule has 0 bridgehead atoms. The average molecular weight is 433 g/mol. The van der Waals surface area contributed by atoms with Gasteiger partial charge < -0.3 is 20.5 Å². The van der Waals surface area contributed by atoms with Crippen LogP contribution in [0.2, 0.25) is 0 Å². The number of rotatable bonds is 7. The van der Waals surface area contributed by atoms with Crippen LogP contribution in [-0.2, 0) is 9.53 Å². The number of carbonyl (C=O) groups excluding carboxylic acids is 2. The molecule has 2 fully saturated rings. The third kappa shape index (κ3) is 5.06. The number of aliphatic hydroxyl groups excluding tert-OH is 1. The minimum Gasteiger partial charge on any atom is -0.392 e. The quantitative estimate of drug-likeness (QED) is 0.566. The number of hydrogen-bond acceptors (Lipinski definition) is 6. The smallest absolute Gasteiger partial charge is 0.271 e. The Kier molecular flexibility index (Phi) is 7.64. The lowest BCUT2D eigenvalue weighted by molar-refractivity contribution is -0.142. The first-order chi connectivity index (χ1) is 14.8. The highest BCUT2D eigenvalue weighted by molar-refractivity contribution is 5.92. The number of fused-ring (bicyclic) bond motifs is 1. The number of amides is 2. The summed E-state index contributed by atoms with van der Waals surface area (Å²) >= 11 is 0. The maximum Gasteiger partial charge on any atom is 0.271 e. The summed E-state index contributed by atoms with van der Waals surface area (Å²) in [5, 5.41) is 17.4. The molecule has 1 aromatic heterocycles. The number of aliphatic hydroxyl groups is 1. The van der Waals surface area contributed by atoms with E-state index in [1.54, 1.807) is 7.11 Å². The molecule has 3 rings (SSSR count). The highest BCUT2D eigenvalue weighted by Gasteiger charge is 2.53. The van der Waals surface area contributed by atoms with Crippen LogP contribution in [0.5, 0.6) is 0 Å². The number of ether oxygens (including phenoxy) is 1. The molecule has 2 aliphatic rings. The maximum absolute atomic E-state index is 12.6. The second kappa shape index (κ2) is 10.0. The molecule has 0 aromatic carbocycles. The monoisotopic (exact) mass is 432 g/mol. The molecule has 0 spiro atoms. The lowest BCUT2D eigenvalue weighted by atomic mass is 9.51. The van der Waals surface area contributed by atoms with E-state index in [2.05, 4.69) is 34.4 Å². The van der Waals surface area contributed by atoms with Crippen LogP contribution in [0.25, 0.3) is 0 Å². The summed E-state index contributed by atoms with van der Waals surface area (Å²) in [7, 11) is 1.60. The number of nitrogens with zero attached hydrogens (tertiary/aromatic N) is 2. The Hall–Kier alpha value is -2.06. The molecule has 31 heavy (non-hydrogen) atoms. The zero-order valence-electron chi connectivity index (χ0n) is 19.0. The number of methoxy groups -OCH3 is 1. The van der Waals surface area contributed by atoms with Crippen molar-refractivity contribution in [2.75, 3.05) is 20.3 Å². The Morgan fingerprint density at radius 3 is 2.74 bits per heavy atom. The Bertz CT molecular complexity index is 761. The van der Waals surface area contributed by atoms with Gasteiger partial charge in [0.15, 0.2) is 0 Å². The summed E-state index contributed by atoms with van der Waals surface area (Å²) < 4.78 is 5.00. The van der Waals surface area contributed by atoms with E-state index >= 15 is 0 Å². The number of hydrogen-bond donors (Lipinski definition) is 3. The first kappa shape index (κ1) is 23.6. The van der Waals surface area contributed by atoms with Crippen LogP contribution in [0.15, 0.2) is 18.6 Å². The summed E-state index contributed by atoms with van der Waals surface area (Å²) in [4.78, 5) is 33.3. The third-order valence-corrected chi connectivity index (χ3v) is 7.66. The van der Waals surface area contributed by atoms with E-state index in [4.69, 9.17) is 4.74 Å². The molecule has 172 valence electrons. The van der Waals surface area contributed by atoms with E-state index in [0.29, 0.717) is 18.8 Å². The molecular formula is C23H36N4O4. The van der Waals surface area contributed by atoms with E-state index in [1.807, 2.05) is 6.92 Å². The van der Waals surface area contributed by atoms with E-state index in [9.17, 15) is 14.7 Å². The van der Waals surface area contributed by atoms with Gasteiger partial charge >= 0.3 is 0 Å². The van der Waals surface area contributed by atoms with Gasteiger partial charge in [0.1, 0.15) is 5.69 Å². The highest BCUT2D eigenvalue weighted by atomic mass is 16.5. The van der Waals surface area contributed by atoms with Gasteiger partial charge in [0.2, 0.25) is 5.91 Å². The molecule has 2 aliphatic carbocycles. The molecule has 8 nitrogen and oxygen atoms in total. The van der Waals surface area contributed by atoms with Crippen LogP contribution in [0.3, 0.4) is 0 Å². The Morgan fingerprint density at radius 2 is 2.06 bits per heavy atom. The zero-order chi connectivity index (χ0) is 22.6. The second-order valence-electron chi connectivity index (χ2n) is 9.51. The molecule has 7 atom stereocenters. The van der Waals surface area contributed by atoms with Gasteiger partial charge in [0.25, 0.3) is 5.91 Å². The molecule has 1 heterocycles. The van der Waals surface area contributed by atoms with Crippen molar-refractivity contribution in [2.24, 2.45) is 29.1 Å². The fourth-order valence-electron chi connectivity index (χ4n) is 5.79. The van der Waals surface area contributed by atoms with Crippen molar-refractivity contribution in [1.82, 2.24) is 20.6 Å². The van der Waals surface area contributed by atoms with Gasteiger partial charge in [-0.1, -0.05) is 20.8 Å². The van der Waals surface area contributed by atoms with Crippen molar-refractivity contribution < 1.29 is 19.4 Å². The predicted molar refractivity (Wildman–Crippen MR) is 116 cm³/mol. The van der Waals surface area contributed by atoms with E-state index in [0.717, 1.165) is 25.7 Å². The molecule has 0 radical (unpaired) electrons. The van der Waals surface area contributed by atoms with Crippen LogP contribution in [0, 0.1) is 29.1 Å². The largest absolute Gasteiger partial charge is 0.392 e. The second-order valence-corrected chi connectivity index (χ2v) is 9.51. The molecule has 2 saturated carbocycles. The fraction of sp³-hybridized carbons (Fsp3) is 0.739. The third-order valence-electron chi connectivity index (χ3n) is 7.66. The van der Waals surface area contributed by atoms with Gasteiger partial charge in [0.05, 0.1) is 18.9 Å². The highest BCUT2D eigenvalue weighted by Crippen LogP contribution is 2.55.